The number of hydrogen-bond acceptors (Lipinski definition) is 6. The summed E-state index contributed by atoms with van der Waals surface area (Å²) in [6.07, 6.45) is 1.28. The molecule has 9 heteroatoms. The van der Waals surface area contributed by atoms with Crippen molar-refractivity contribution in [3.63, 3.8) is 0 Å². The molecule has 0 heterocycles. The predicted octanol–water partition coefficient (Wildman–Crippen LogP) is 4.20. The van der Waals surface area contributed by atoms with Crippen molar-refractivity contribution in [1.29, 1.82) is 0 Å². The molecule has 0 bridgehead atoms. The van der Waals surface area contributed by atoms with Gasteiger partial charge in [0.15, 0.2) is 0 Å². The second-order valence-corrected chi connectivity index (χ2v) is 8.10. The first-order valence-electron chi connectivity index (χ1n) is 9.45. The molecule has 0 aliphatic rings. The summed E-state index contributed by atoms with van der Waals surface area (Å²) >= 11 is 3.34. The Morgan fingerprint density at radius 3 is 2.35 bits per heavy atom. The summed E-state index contributed by atoms with van der Waals surface area (Å²) in [5, 5.41) is 20.3. The second kappa shape index (κ2) is 11.5. The Kier molecular flexibility index (Phi) is 9.04. The molecule has 2 amide bonds. The standard InChI is InChI=1S/C22H25BrN2O6/c1-22(2,12-11-19(27)25-29)20(15-3-9-18(10-4-15)30-14-13-26)31-21(28)24-17-7-5-16(23)6-8-17/h3-12,20,26,29H,13-14H2,1-2H3,(H,24,28)(H,25,27)/b12-11+/t20-/m0/s1. The molecule has 0 saturated heterocycles. The van der Waals surface area contributed by atoms with Gasteiger partial charge in [-0.15, -0.1) is 0 Å². The lowest BCUT2D eigenvalue weighted by Crippen LogP contribution is -2.28. The van der Waals surface area contributed by atoms with E-state index in [0.29, 0.717) is 17.0 Å². The van der Waals surface area contributed by atoms with Crippen molar-refractivity contribution in [2.75, 3.05) is 18.5 Å². The first-order valence-corrected chi connectivity index (χ1v) is 10.2. The fraction of sp³-hybridized carbons (Fsp3) is 0.273. The highest BCUT2D eigenvalue weighted by Crippen LogP contribution is 2.39. The molecular formula is C22H25BrN2O6. The van der Waals surface area contributed by atoms with E-state index in [1.165, 1.54) is 11.6 Å². The van der Waals surface area contributed by atoms with Crippen LogP contribution >= 0.6 is 15.9 Å². The summed E-state index contributed by atoms with van der Waals surface area (Å²) in [6.45, 7) is 3.65. The van der Waals surface area contributed by atoms with Gasteiger partial charge in [-0.05, 0) is 42.0 Å². The van der Waals surface area contributed by atoms with E-state index >= 15 is 0 Å². The largest absolute Gasteiger partial charge is 0.491 e. The van der Waals surface area contributed by atoms with Crippen LogP contribution in [0.2, 0.25) is 0 Å². The van der Waals surface area contributed by atoms with E-state index in [1.807, 2.05) is 0 Å². The van der Waals surface area contributed by atoms with Gasteiger partial charge in [0.1, 0.15) is 18.5 Å². The van der Waals surface area contributed by atoms with E-state index in [4.69, 9.17) is 19.8 Å². The van der Waals surface area contributed by atoms with Gasteiger partial charge in [0.05, 0.1) is 6.61 Å². The van der Waals surface area contributed by atoms with Gasteiger partial charge in [-0.25, -0.2) is 10.3 Å². The van der Waals surface area contributed by atoms with Crippen LogP contribution in [0.3, 0.4) is 0 Å². The van der Waals surface area contributed by atoms with Crippen molar-refractivity contribution in [3.8, 4) is 5.75 Å². The molecule has 0 aliphatic carbocycles. The van der Waals surface area contributed by atoms with Gasteiger partial charge in [-0.1, -0.05) is 48.0 Å². The number of aliphatic hydroxyl groups excluding tert-OH is 1. The third-order valence-electron chi connectivity index (χ3n) is 4.31. The van der Waals surface area contributed by atoms with E-state index in [0.717, 1.165) is 4.47 Å². The van der Waals surface area contributed by atoms with Crippen molar-refractivity contribution in [2.45, 2.75) is 20.0 Å². The number of anilines is 1. The van der Waals surface area contributed by atoms with Crippen molar-refractivity contribution in [3.05, 3.63) is 70.7 Å². The van der Waals surface area contributed by atoms with Gasteiger partial charge in [-0.3, -0.25) is 15.3 Å². The molecule has 2 rings (SSSR count). The maximum atomic E-state index is 12.6. The molecule has 1 atom stereocenters. The van der Waals surface area contributed by atoms with Crippen LogP contribution in [0, 0.1) is 5.41 Å². The second-order valence-electron chi connectivity index (χ2n) is 7.19. The number of amides is 2. The number of ether oxygens (including phenoxy) is 2. The molecule has 0 saturated carbocycles. The molecule has 0 aromatic heterocycles. The summed E-state index contributed by atoms with van der Waals surface area (Å²) in [6, 6.07) is 13.9. The third kappa shape index (κ3) is 7.71. The van der Waals surface area contributed by atoms with Gasteiger partial charge in [0.2, 0.25) is 0 Å². The van der Waals surface area contributed by atoms with Crippen molar-refractivity contribution in [2.24, 2.45) is 5.41 Å². The Morgan fingerprint density at radius 1 is 1.13 bits per heavy atom. The molecule has 0 spiro atoms. The van der Waals surface area contributed by atoms with E-state index in [-0.39, 0.29) is 13.2 Å². The molecule has 2 aromatic rings. The van der Waals surface area contributed by atoms with Crippen molar-refractivity contribution >= 4 is 33.6 Å². The first-order chi connectivity index (χ1) is 14.7. The normalized spacial score (nSPS) is 12.3. The molecule has 2 aromatic carbocycles. The van der Waals surface area contributed by atoms with Crippen LogP contribution in [0.25, 0.3) is 0 Å². The van der Waals surface area contributed by atoms with Crippen LogP contribution in [0.5, 0.6) is 5.75 Å². The maximum Gasteiger partial charge on any atom is 0.412 e. The number of halogens is 1. The van der Waals surface area contributed by atoms with Crippen LogP contribution < -0.4 is 15.5 Å². The average Bonchev–Trinajstić information content (AvgIpc) is 2.76. The number of rotatable bonds is 9. The predicted molar refractivity (Wildman–Crippen MR) is 119 cm³/mol. The summed E-state index contributed by atoms with van der Waals surface area (Å²) in [7, 11) is 0. The van der Waals surface area contributed by atoms with Gasteiger partial charge in [0, 0.05) is 21.7 Å². The monoisotopic (exact) mass is 492 g/mol. The number of aliphatic hydroxyl groups is 1. The maximum absolute atomic E-state index is 12.6. The lowest BCUT2D eigenvalue weighted by molar-refractivity contribution is -0.124. The summed E-state index contributed by atoms with van der Waals surface area (Å²) in [5.41, 5.74) is 1.96. The quantitative estimate of drug-likeness (QED) is 0.236. The minimum atomic E-state index is -0.808. The molecule has 166 valence electrons. The fourth-order valence-electron chi connectivity index (χ4n) is 2.75. The lowest BCUT2D eigenvalue weighted by atomic mass is 9.82. The Balaban J connectivity index is 2.26. The summed E-state index contributed by atoms with van der Waals surface area (Å²) in [5.74, 6) is -0.136. The van der Waals surface area contributed by atoms with Crippen molar-refractivity contribution < 1.29 is 29.4 Å². The van der Waals surface area contributed by atoms with E-state index < -0.39 is 23.5 Å². The molecule has 8 nitrogen and oxygen atoms in total. The molecule has 0 radical (unpaired) electrons. The van der Waals surface area contributed by atoms with Gasteiger partial charge in [0.25, 0.3) is 5.91 Å². The minimum Gasteiger partial charge on any atom is -0.491 e. The van der Waals surface area contributed by atoms with Crippen LogP contribution in [-0.2, 0) is 9.53 Å². The number of carbonyl (C=O) groups is 2. The summed E-state index contributed by atoms with van der Waals surface area (Å²) < 4.78 is 12.0. The van der Waals surface area contributed by atoms with Crippen LogP contribution in [-0.4, -0.2) is 35.5 Å². The zero-order chi connectivity index (χ0) is 22.9. The highest BCUT2D eigenvalue weighted by Gasteiger charge is 2.32. The summed E-state index contributed by atoms with van der Waals surface area (Å²) in [4.78, 5) is 24.0. The van der Waals surface area contributed by atoms with E-state index in [9.17, 15) is 9.59 Å². The minimum absolute atomic E-state index is 0.103. The molecule has 0 aliphatic heterocycles. The highest BCUT2D eigenvalue weighted by atomic mass is 79.9. The average molecular weight is 493 g/mol. The van der Waals surface area contributed by atoms with Gasteiger partial charge >= 0.3 is 6.09 Å². The van der Waals surface area contributed by atoms with Gasteiger partial charge in [-0.2, -0.15) is 0 Å². The Hall–Kier alpha value is -2.88. The highest BCUT2D eigenvalue weighted by molar-refractivity contribution is 9.10. The van der Waals surface area contributed by atoms with Crippen LogP contribution in [0.1, 0.15) is 25.5 Å². The fourth-order valence-corrected chi connectivity index (χ4v) is 3.02. The van der Waals surface area contributed by atoms with Crippen LogP contribution in [0.4, 0.5) is 10.5 Å². The Morgan fingerprint density at radius 2 is 1.77 bits per heavy atom. The third-order valence-corrected chi connectivity index (χ3v) is 4.84. The SMILES string of the molecule is CC(C)(/C=C/C(=O)NO)[C@@H](OC(=O)Nc1ccc(Br)cc1)c1ccc(OCCO)cc1. The van der Waals surface area contributed by atoms with Gasteiger partial charge < -0.3 is 14.6 Å². The molecule has 0 fully saturated rings. The zero-order valence-corrected chi connectivity index (χ0v) is 18.8. The molecule has 4 N–H and O–H groups in total. The Labute approximate surface area is 189 Å². The first kappa shape index (κ1) is 24.4. The molecule has 31 heavy (non-hydrogen) atoms. The van der Waals surface area contributed by atoms with Crippen LogP contribution in [0.15, 0.2) is 65.2 Å². The zero-order valence-electron chi connectivity index (χ0n) is 17.2. The van der Waals surface area contributed by atoms with E-state index in [1.54, 1.807) is 68.5 Å². The molecule has 0 unspecified atom stereocenters. The molecular weight excluding hydrogens is 468 g/mol. The van der Waals surface area contributed by atoms with E-state index in [2.05, 4.69) is 21.2 Å². The number of benzene rings is 2. The smallest absolute Gasteiger partial charge is 0.412 e. The lowest BCUT2D eigenvalue weighted by Gasteiger charge is -2.31. The van der Waals surface area contributed by atoms with Crippen molar-refractivity contribution in [1.82, 2.24) is 5.48 Å². The number of nitrogens with one attached hydrogen (secondary N) is 2. The number of carbonyl (C=O) groups excluding carboxylic acids is 2. The number of hydroxylamine groups is 1. The Bertz CT molecular complexity index is 897. The number of hydrogen-bond donors (Lipinski definition) is 4. The topological polar surface area (TPSA) is 117 Å².